The number of aromatic nitrogens is 1. The highest BCUT2D eigenvalue weighted by atomic mass is 127. The standard InChI is InChI=1S/C10H9F2I2NO2/c1-2-17-7(16)4-5-3-6(13)15-10(14)8(5)9(11)12/h3,9H,2,4H2,1H3. The summed E-state index contributed by atoms with van der Waals surface area (Å²) in [5, 5.41) is 0. The molecule has 1 aromatic heterocycles. The molecule has 1 heterocycles. The molecule has 0 saturated heterocycles. The summed E-state index contributed by atoms with van der Waals surface area (Å²) in [6, 6.07) is 1.49. The number of alkyl halides is 2. The van der Waals surface area contributed by atoms with Gasteiger partial charge >= 0.3 is 5.97 Å². The molecule has 0 saturated carbocycles. The molecule has 0 aliphatic carbocycles. The molecule has 0 unspecified atom stereocenters. The average molecular weight is 467 g/mol. The molecule has 0 bridgehead atoms. The Kier molecular flexibility index (Phi) is 5.97. The van der Waals surface area contributed by atoms with Crippen molar-refractivity contribution in [1.29, 1.82) is 0 Å². The number of rotatable bonds is 4. The molecule has 1 aromatic rings. The SMILES string of the molecule is CCOC(=O)Cc1cc(I)nc(I)c1C(F)F. The monoisotopic (exact) mass is 467 g/mol. The van der Waals surface area contributed by atoms with E-state index in [1.807, 2.05) is 22.6 Å². The third-order valence-corrected chi connectivity index (χ3v) is 3.30. The van der Waals surface area contributed by atoms with Gasteiger partial charge in [0.05, 0.1) is 18.6 Å². The molecule has 0 fully saturated rings. The van der Waals surface area contributed by atoms with Gasteiger partial charge in [-0.3, -0.25) is 4.79 Å². The summed E-state index contributed by atoms with van der Waals surface area (Å²) >= 11 is 3.67. The molecule has 7 heteroatoms. The zero-order valence-electron chi connectivity index (χ0n) is 8.84. The molecule has 1 rings (SSSR count). The number of pyridine rings is 1. The first-order valence-electron chi connectivity index (χ1n) is 4.74. The highest BCUT2D eigenvalue weighted by molar-refractivity contribution is 14.1. The Bertz CT molecular complexity index is 427. The Morgan fingerprint density at radius 1 is 1.53 bits per heavy atom. The summed E-state index contributed by atoms with van der Waals surface area (Å²) in [6.07, 6.45) is -2.79. The van der Waals surface area contributed by atoms with Crippen molar-refractivity contribution in [3.63, 3.8) is 0 Å². The quantitative estimate of drug-likeness (QED) is 0.388. The second-order valence-corrected chi connectivity index (χ2v) is 5.22. The molecule has 0 aromatic carbocycles. The topological polar surface area (TPSA) is 39.2 Å². The van der Waals surface area contributed by atoms with Crippen LogP contribution in [0, 0.1) is 7.40 Å². The Morgan fingerprint density at radius 3 is 2.71 bits per heavy atom. The molecule has 94 valence electrons. The predicted octanol–water partition coefficient (Wildman–Crippen LogP) is 3.33. The van der Waals surface area contributed by atoms with Crippen molar-refractivity contribution in [2.45, 2.75) is 19.8 Å². The fourth-order valence-electron chi connectivity index (χ4n) is 1.28. The van der Waals surface area contributed by atoms with Gasteiger partial charge in [-0.15, -0.1) is 0 Å². The number of hydrogen-bond donors (Lipinski definition) is 0. The smallest absolute Gasteiger partial charge is 0.310 e. The second-order valence-electron chi connectivity index (χ2n) is 3.09. The van der Waals surface area contributed by atoms with E-state index in [9.17, 15) is 13.6 Å². The molecular weight excluding hydrogens is 458 g/mol. The molecule has 0 amide bonds. The lowest BCUT2D eigenvalue weighted by Gasteiger charge is -2.10. The first-order chi connectivity index (χ1) is 7.95. The van der Waals surface area contributed by atoms with Crippen molar-refractivity contribution in [3.05, 3.63) is 24.6 Å². The van der Waals surface area contributed by atoms with Gasteiger partial charge in [0.25, 0.3) is 6.43 Å². The van der Waals surface area contributed by atoms with Crippen molar-refractivity contribution in [2.75, 3.05) is 6.61 Å². The van der Waals surface area contributed by atoms with Gasteiger partial charge in [0.1, 0.15) is 7.40 Å². The highest BCUT2D eigenvalue weighted by Gasteiger charge is 2.20. The summed E-state index contributed by atoms with van der Waals surface area (Å²) in [5.74, 6) is -0.507. The number of esters is 1. The number of carbonyl (C=O) groups excluding carboxylic acids is 1. The van der Waals surface area contributed by atoms with Crippen molar-refractivity contribution >= 4 is 51.2 Å². The summed E-state index contributed by atoms with van der Waals surface area (Å²) < 4.78 is 31.3. The van der Waals surface area contributed by atoms with Crippen LogP contribution in [0.15, 0.2) is 6.07 Å². The predicted molar refractivity (Wildman–Crippen MR) is 75.0 cm³/mol. The van der Waals surface area contributed by atoms with Crippen molar-refractivity contribution < 1.29 is 18.3 Å². The minimum absolute atomic E-state index is 0.151. The van der Waals surface area contributed by atoms with Gasteiger partial charge in [0, 0.05) is 0 Å². The minimum atomic E-state index is -2.64. The maximum Gasteiger partial charge on any atom is 0.310 e. The number of nitrogens with zero attached hydrogens (tertiary/aromatic N) is 1. The summed E-state index contributed by atoms with van der Waals surface area (Å²) in [5.41, 5.74) is 0.0984. The molecule has 0 N–H and O–H groups in total. The van der Waals surface area contributed by atoms with E-state index in [1.165, 1.54) is 6.07 Å². The summed E-state index contributed by atoms with van der Waals surface area (Å²) in [7, 11) is 0. The van der Waals surface area contributed by atoms with Crippen LogP contribution in [0.2, 0.25) is 0 Å². The Balaban J connectivity index is 3.08. The van der Waals surface area contributed by atoms with E-state index < -0.39 is 12.4 Å². The number of hydrogen-bond acceptors (Lipinski definition) is 3. The van der Waals surface area contributed by atoms with Crippen LogP contribution in [0.3, 0.4) is 0 Å². The zero-order chi connectivity index (χ0) is 13.0. The molecule has 0 spiro atoms. The minimum Gasteiger partial charge on any atom is -0.466 e. The third-order valence-electron chi connectivity index (χ3n) is 1.92. The molecule has 0 atom stereocenters. The molecule has 0 radical (unpaired) electrons. The lowest BCUT2D eigenvalue weighted by molar-refractivity contribution is -0.142. The van der Waals surface area contributed by atoms with Crippen LogP contribution in [0.1, 0.15) is 24.5 Å². The number of carbonyl (C=O) groups is 1. The van der Waals surface area contributed by atoms with Gasteiger partial charge in [-0.25, -0.2) is 13.8 Å². The molecule has 17 heavy (non-hydrogen) atoms. The van der Waals surface area contributed by atoms with Crippen LogP contribution >= 0.6 is 45.2 Å². The fraction of sp³-hybridized carbons (Fsp3) is 0.400. The summed E-state index contributed by atoms with van der Waals surface area (Å²) in [4.78, 5) is 15.3. The average Bonchev–Trinajstić information content (AvgIpc) is 2.15. The van der Waals surface area contributed by atoms with Crippen LogP contribution < -0.4 is 0 Å². The van der Waals surface area contributed by atoms with E-state index in [0.717, 1.165) is 0 Å². The number of halogens is 4. The molecule has 0 aliphatic heterocycles. The Labute approximate surface area is 125 Å². The first kappa shape index (κ1) is 15.0. The van der Waals surface area contributed by atoms with Crippen LogP contribution in [0.25, 0.3) is 0 Å². The van der Waals surface area contributed by atoms with Crippen LogP contribution in [0.4, 0.5) is 8.78 Å². The maximum atomic E-state index is 12.9. The zero-order valence-corrected chi connectivity index (χ0v) is 13.2. The van der Waals surface area contributed by atoms with Crippen molar-refractivity contribution in [1.82, 2.24) is 4.98 Å². The van der Waals surface area contributed by atoms with E-state index in [0.29, 0.717) is 3.70 Å². The molecule has 0 aliphatic rings. The van der Waals surface area contributed by atoms with Gasteiger partial charge in [-0.1, -0.05) is 0 Å². The lowest BCUT2D eigenvalue weighted by Crippen LogP contribution is -2.11. The van der Waals surface area contributed by atoms with Crippen LogP contribution in [0.5, 0.6) is 0 Å². The van der Waals surface area contributed by atoms with Gasteiger partial charge < -0.3 is 4.74 Å². The van der Waals surface area contributed by atoms with E-state index in [1.54, 1.807) is 29.5 Å². The fourth-order valence-corrected chi connectivity index (χ4v) is 3.20. The largest absolute Gasteiger partial charge is 0.466 e. The highest BCUT2D eigenvalue weighted by Crippen LogP contribution is 2.28. The van der Waals surface area contributed by atoms with Gasteiger partial charge in [-0.05, 0) is 63.7 Å². The van der Waals surface area contributed by atoms with Crippen molar-refractivity contribution in [2.24, 2.45) is 0 Å². The Morgan fingerprint density at radius 2 is 2.18 bits per heavy atom. The lowest BCUT2D eigenvalue weighted by atomic mass is 10.1. The van der Waals surface area contributed by atoms with Gasteiger partial charge in [0.15, 0.2) is 0 Å². The van der Waals surface area contributed by atoms with Crippen LogP contribution in [-0.4, -0.2) is 17.6 Å². The van der Waals surface area contributed by atoms with E-state index >= 15 is 0 Å². The molecule has 3 nitrogen and oxygen atoms in total. The van der Waals surface area contributed by atoms with E-state index in [4.69, 9.17) is 4.74 Å². The van der Waals surface area contributed by atoms with E-state index in [-0.39, 0.29) is 27.9 Å². The second kappa shape index (κ2) is 6.76. The maximum absolute atomic E-state index is 12.9. The normalized spacial score (nSPS) is 10.7. The molecular formula is C10H9F2I2NO2. The number of ether oxygens (including phenoxy) is 1. The Hall–Kier alpha value is -0.0600. The van der Waals surface area contributed by atoms with Crippen molar-refractivity contribution in [3.8, 4) is 0 Å². The van der Waals surface area contributed by atoms with Crippen LogP contribution in [-0.2, 0) is 16.0 Å². The third kappa shape index (κ3) is 4.27. The van der Waals surface area contributed by atoms with Gasteiger partial charge in [-0.2, -0.15) is 0 Å². The first-order valence-corrected chi connectivity index (χ1v) is 6.90. The summed E-state index contributed by atoms with van der Waals surface area (Å²) in [6.45, 7) is 1.91. The van der Waals surface area contributed by atoms with E-state index in [2.05, 4.69) is 4.98 Å². The van der Waals surface area contributed by atoms with Gasteiger partial charge in [0.2, 0.25) is 0 Å².